The first-order valence-electron chi connectivity index (χ1n) is 14.5. The number of ether oxygens (including phenoxy) is 1. The van der Waals surface area contributed by atoms with Crippen LogP contribution in [0.15, 0.2) is 58.4 Å². The van der Waals surface area contributed by atoms with Crippen LogP contribution >= 0.6 is 0 Å². The van der Waals surface area contributed by atoms with Gasteiger partial charge in [-0.15, -0.1) is 0 Å². The summed E-state index contributed by atoms with van der Waals surface area (Å²) in [6, 6.07) is 1.36. The van der Waals surface area contributed by atoms with E-state index in [0.717, 1.165) is 35.9 Å². The molecular weight excluding hydrogens is 691 g/mol. The fraction of sp³-hybridized carbons (Fsp3) is 0.367. The lowest BCUT2D eigenvalue weighted by Crippen LogP contribution is -2.34. The molecule has 9 nitrogen and oxygen atoms in total. The number of nitrogens with one attached hydrogen (secondary N) is 1. The van der Waals surface area contributed by atoms with Gasteiger partial charge in [-0.1, -0.05) is 19.6 Å². The highest BCUT2D eigenvalue weighted by atomic mass is 28.3. The van der Waals surface area contributed by atoms with Crippen molar-refractivity contribution in [3.8, 4) is 11.4 Å². The zero-order chi connectivity index (χ0) is 36.5. The molecular formula is C30H29F9N6O3Si. The number of rotatable bonds is 11. The highest BCUT2D eigenvalue weighted by Crippen LogP contribution is 2.33. The average molecular weight is 721 g/mol. The summed E-state index contributed by atoms with van der Waals surface area (Å²) >= 11 is 0. The maximum Gasteiger partial charge on any atom is 0.423 e. The first-order chi connectivity index (χ1) is 22.7. The molecule has 4 rings (SSSR count). The molecule has 0 amide bonds. The fourth-order valence-corrected chi connectivity index (χ4v) is 5.21. The minimum Gasteiger partial charge on any atom is -0.374 e. The highest BCUT2D eigenvalue weighted by Gasteiger charge is 2.39. The van der Waals surface area contributed by atoms with Crippen LogP contribution in [0.3, 0.4) is 0 Å². The Morgan fingerprint density at radius 2 is 1.65 bits per heavy atom. The molecule has 1 atom stereocenters. The molecule has 3 aromatic heterocycles. The maximum absolute atomic E-state index is 15.1. The van der Waals surface area contributed by atoms with Crippen LogP contribution in [0.5, 0.6) is 0 Å². The van der Waals surface area contributed by atoms with Gasteiger partial charge in [0, 0.05) is 39.8 Å². The number of benzene rings is 1. The number of alkyl halides is 6. The molecule has 0 aliphatic heterocycles. The molecule has 1 aromatic carbocycles. The van der Waals surface area contributed by atoms with Gasteiger partial charge in [-0.25, -0.2) is 27.8 Å². The average Bonchev–Trinajstić information content (AvgIpc) is 2.99. The van der Waals surface area contributed by atoms with Crippen molar-refractivity contribution in [3.63, 3.8) is 0 Å². The van der Waals surface area contributed by atoms with Crippen LogP contribution < -0.4 is 16.4 Å². The summed E-state index contributed by atoms with van der Waals surface area (Å²) in [6.07, 6.45) is -6.52. The number of fused-ring (bicyclic) bond motifs is 1. The number of halogens is 9. The number of anilines is 1. The van der Waals surface area contributed by atoms with Crippen LogP contribution in [0.1, 0.15) is 18.1 Å². The Balaban J connectivity index is 1.55. The smallest absolute Gasteiger partial charge is 0.374 e. The first kappa shape index (κ1) is 37.3. The van der Waals surface area contributed by atoms with Gasteiger partial charge in [0.25, 0.3) is 11.1 Å². The molecule has 4 aromatic rings. The Labute approximate surface area is 273 Å². The lowest BCUT2D eigenvalue weighted by atomic mass is 10.1. The van der Waals surface area contributed by atoms with Gasteiger partial charge in [-0.3, -0.25) is 9.59 Å². The molecule has 0 saturated heterocycles. The molecule has 1 N–H and O–H groups in total. The first-order valence-corrected chi connectivity index (χ1v) is 18.2. The molecule has 0 fully saturated rings. The van der Waals surface area contributed by atoms with E-state index >= 15 is 8.78 Å². The van der Waals surface area contributed by atoms with E-state index in [2.05, 4.69) is 40.0 Å². The Kier molecular flexibility index (Phi) is 10.8. The monoisotopic (exact) mass is 720 g/mol. The molecule has 0 bridgehead atoms. The van der Waals surface area contributed by atoms with E-state index in [-0.39, 0.29) is 12.0 Å². The third kappa shape index (κ3) is 8.75. The van der Waals surface area contributed by atoms with Gasteiger partial charge >= 0.3 is 12.4 Å². The highest BCUT2D eigenvalue weighted by molar-refractivity contribution is 6.76. The van der Waals surface area contributed by atoms with Crippen LogP contribution in [0.2, 0.25) is 25.7 Å². The third-order valence-electron chi connectivity index (χ3n) is 7.17. The largest absolute Gasteiger partial charge is 0.423 e. The summed E-state index contributed by atoms with van der Waals surface area (Å²) in [4.78, 5) is 32.5. The minimum absolute atomic E-state index is 0.165. The van der Waals surface area contributed by atoms with Gasteiger partial charge in [0.15, 0.2) is 17.5 Å². The normalized spacial score (nSPS) is 13.6. The second-order valence-electron chi connectivity index (χ2n) is 12.1. The minimum atomic E-state index is -5.14. The van der Waals surface area contributed by atoms with Crippen molar-refractivity contribution in [2.45, 2.75) is 64.3 Å². The predicted molar refractivity (Wildman–Crippen MR) is 164 cm³/mol. The number of aromatic nitrogens is 5. The molecule has 0 saturated carbocycles. The van der Waals surface area contributed by atoms with Crippen LogP contribution in [0.25, 0.3) is 22.2 Å². The summed E-state index contributed by atoms with van der Waals surface area (Å²) in [6.45, 7) is 6.48. The van der Waals surface area contributed by atoms with E-state index < -0.39 is 102 Å². The zero-order valence-corrected chi connectivity index (χ0v) is 27.3. The van der Waals surface area contributed by atoms with Crippen molar-refractivity contribution in [2.24, 2.45) is 0 Å². The van der Waals surface area contributed by atoms with Gasteiger partial charge in [-0.2, -0.15) is 31.4 Å². The predicted octanol–water partition coefficient (Wildman–Crippen LogP) is 7.00. The number of pyridine rings is 1. The van der Waals surface area contributed by atoms with Gasteiger partial charge in [-0.05, 0) is 36.6 Å². The van der Waals surface area contributed by atoms with Crippen molar-refractivity contribution in [1.82, 2.24) is 24.3 Å². The molecule has 264 valence electrons. The fourth-order valence-electron chi connectivity index (χ4n) is 4.45. The SMILES string of the molecule is CC(Nc1cnn(COCC[Si](C)(C)C)c(=O)c1C(F)(F)F)/C(F)=C/Cn1ccc2cc(-c3ncc(C(F)(F)F)cn3)c(F)c(F)c2c1=O. The van der Waals surface area contributed by atoms with Gasteiger partial charge in [0.1, 0.15) is 18.1 Å². The van der Waals surface area contributed by atoms with E-state index in [1.165, 1.54) is 0 Å². The lowest BCUT2D eigenvalue weighted by molar-refractivity contribution is -0.139. The zero-order valence-electron chi connectivity index (χ0n) is 26.3. The van der Waals surface area contributed by atoms with Crippen LogP contribution in [0, 0.1) is 11.6 Å². The topological polar surface area (TPSA) is 104 Å². The van der Waals surface area contributed by atoms with E-state index in [9.17, 15) is 40.3 Å². The van der Waals surface area contributed by atoms with Crippen LogP contribution in [-0.4, -0.2) is 45.0 Å². The molecule has 3 heterocycles. The lowest BCUT2D eigenvalue weighted by Gasteiger charge is -2.19. The standard InChI is InChI=1S/C30H29F9N6O3Si/c1-16(43-21-14-42-45(15-48-9-10-49(2,3)4)28(47)23(21)30(37,38)39)20(31)6-8-44-7-5-17-11-19(24(32)25(33)22(17)27(44)46)26-40-12-18(13-41-26)29(34,35)36/h5-7,11-14,16,43H,8-10,15H2,1-4H3/b20-6-. The quantitative estimate of drug-likeness (QED) is 0.101. The number of nitrogens with zero attached hydrogens (tertiary/aromatic N) is 5. The van der Waals surface area contributed by atoms with Gasteiger partial charge in [0.2, 0.25) is 0 Å². The van der Waals surface area contributed by atoms with Crippen LogP contribution in [-0.2, 0) is 30.4 Å². The van der Waals surface area contributed by atoms with E-state index in [1.54, 1.807) is 0 Å². The molecule has 0 spiro atoms. The van der Waals surface area contributed by atoms with Gasteiger partial charge < -0.3 is 14.6 Å². The van der Waals surface area contributed by atoms with Crippen molar-refractivity contribution >= 4 is 24.5 Å². The summed E-state index contributed by atoms with van der Waals surface area (Å²) in [7, 11) is -1.50. The summed E-state index contributed by atoms with van der Waals surface area (Å²) in [5.41, 5.74) is -6.88. The number of hydrogen-bond donors (Lipinski definition) is 1. The molecule has 0 aliphatic carbocycles. The number of hydrogen-bond acceptors (Lipinski definition) is 7. The summed E-state index contributed by atoms with van der Waals surface area (Å²) in [5, 5.41) is 5.04. The Hall–Kier alpha value is -4.52. The summed E-state index contributed by atoms with van der Waals surface area (Å²) < 4.78 is 132. The van der Waals surface area contributed by atoms with Crippen LogP contribution in [0.4, 0.5) is 45.2 Å². The molecule has 49 heavy (non-hydrogen) atoms. The van der Waals surface area contributed by atoms with Gasteiger partial charge in [0.05, 0.1) is 34.4 Å². The van der Waals surface area contributed by atoms with Crippen molar-refractivity contribution in [2.75, 3.05) is 11.9 Å². The Bertz CT molecular complexity index is 1990. The maximum atomic E-state index is 15.1. The number of allylic oxidation sites excluding steroid dienone is 1. The van der Waals surface area contributed by atoms with E-state index in [1.807, 2.05) is 0 Å². The second kappa shape index (κ2) is 14.1. The van der Waals surface area contributed by atoms with E-state index in [0.29, 0.717) is 29.3 Å². The molecule has 0 radical (unpaired) electrons. The molecule has 1 unspecified atom stereocenters. The van der Waals surface area contributed by atoms with E-state index in [4.69, 9.17) is 4.74 Å². The Morgan fingerprint density at radius 3 is 2.24 bits per heavy atom. The van der Waals surface area contributed by atoms with Crippen molar-refractivity contribution in [3.05, 3.63) is 92.3 Å². The summed E-state index contributed by atoms with van der Waals surface area (Å²) in [5.74, 6) is -4.91. The van der Waals surface area contributed by atoms with Crippen molar-refractivity contribution < 1.29 is 44.3 Å². The third-order valence-corrected chi connectivity index (χ3v) is 8.88. The van der Waals surface area contributed by atoms with Crippen molar-refractivity contribution in [1.29, 1.82) is 0 Å². The Morgan fingerprint density at radius 1 is 1.00 bits per heavy atom. The molecule has 0 aliphatic rings. The second-order valence-corrected chi connectivity index (χ2v) is 17.7. The molecule has 19 heteroatoms.